The van der Waals surface area contributed by atoms with Crippen molar-refractivity contribution in [2.75, 3.05) is 32.0 Å². The van der Waals surface area contributed by atoms with Gasteiger partial charge in [0.25, 0.3) is 6.02 Å². The number of piperidine rings is 1. The summed E-state index contributed by atoms with van der Waals surface area (Å²) in [5.74, 6) is 1.28. The summed E-state index contributed by atoms with van der Waals surface area (Å²) in [5, 5.41) is 3.17. The zero-order valence-electron chi connectivity index (χ0n) is 13.6. The molecule has 2 bridgehead atoms. The second-order valence-electron chi connectivity index (χ2n) is 6.14. The summed E-state index contributed by atoms with van der Waals surface area (Å²) in [7, 11) is 1.72. The van der Waals surface area contributed by atoms with E-state index in [1.54, 1.807) is 19.4 Å². The molecule has 2 aromatic rings. The molecule has 0 amide bonds. The Balaban J connectivity index is 1.46. The van der Waals surface area contributed by atoms with Crippen LogP contribution < -0.4 is 5.32 Å². The van der Waals surface area contributed by atoms with Gasteiger partial charge in [-0.05, 0) is 25.1 Å². The second kappa shape index (κ2) is 6.52. The number of nitrogens with one attached hydrogen (secondary N) is 1. The molecular weight excluding hydrogens is 304 g/mol. The minimum Gasteiger partial charge on any atom is -0.460 e. The smallest absolute Gasteiger partial charge is 0.290 e. The van der Waals surface area contributed by atoms with Crippen LogP contribution in [0.15, 0.2) is 41.9 Å². The lowest BCUT2D eigenvalue weighted by molar-refractivity contribution is 0.129. The largest absolute Gasteiger partial charge is 0.460 e. The number of hydrogen-bond donors (Lipinski definition) is 1. The number of ether oxygens (including phenoxy) is 1. The first-order valence-corrected chi connectivity index (χ1v) is 8.17. The monoisotopic (exact) mass is 324 g/mol. The number of pyridine rings is 1. The van der Waals surface area contributed by atoms with Gasteiger partial charge in [-0.3, -0.25) is 15.2 Å². The molecule has 4 heterocycles. The Bertz CT molecular complexity index is 735. The maximum Gasteiger partial charge on any atom is 0.290 e. The van der Waals surface area contributed by atoms with Gasteiger partial charge in [-0.2, -0.15) is 0 Å². The van der Waals surface area contributed by atoms with E-state index in [-0.39, 0.29) is 6.10 Å². The van der Waals surface area contributed by atoms with E-state index in [4.69, 9.17) is 4.74 Å². The Morgan fingerprint density at radius 1 is 1.29 bits per heavy atom. The summed E-state index contributed by atoms with van der Waals surface area (Å²) >= 11 is 0. The third-order valence-electron chi connectivity index (χ3n) is 4.62. The summed E-state index contributed by atoms with van der Waals surface area (Å²) in [5.41, 5.74) is 1.82. The van der Waals surface area contributed by atoms with Crippen LogP contribution in [-0.2, 0) is 4.74 Å². The molecule has 4 rings (SSSR count). The van der Waals surface area contributed by atoms with Crippen LogP contribution in [0.5, 0.6) is 0 Å². The third kappa shape index (κ3) is 3.07. The summed E-state index contributed by atoms with van der Waals surface area (Å²) in [6.45, 7) is 3.32. The van der Waals surface area contributed by atoms with Gasteiger partial charge in [-0.15, -0.1) is 0 Å². The molecular formula is C17H20N6O. The van der Waals surface area contributed by atoms with Crippen molar-refractivity contribution in [2.45, 2.75) is 12.5 Å². The minimum atomic E-state index is 0.214. The number of anilines is 1. The minimum absolute atomic E-state index is 0.214. The van der Waals surface area contributed by atoms with E-state index in [0.29, 0.717) is 17.8 Å². The first-order valence-electron chi connectivity index (χ1n) is 8.17. The van der Waals surface area contributed by atoms with Gasteiger partial charge in [0.15, 0.2) is 0 Å². The third-order valence-corrected chi connectivity index (χ3v) is 4.62. The first-order chi connectivity index (χ1) is 11.8. The predicted octanol–water partition coefficient (Wildman–Crippen LogP) is 1.66. The molecule has 24 heavy (non-hydrogen) atoms. The lowest BCUT2D eigenvalue weighted by atomic mass is 10.0. The molecule has 1 unspecified atom stereocenters. The fourth-order valence-electron chi connectivity index (χ4n) is 3.37. The SMILES string of the molecule is CN=C(Nc1cc(-c2ccncc2)ncn1)O[C@H]1CN2CC[C@@H]1C2. The number of fused-ring (bicyclic) bond motifs is 2. The number of nitrogens with zero attached hydrogens (tertiary/aromatic N) is 5. The zero-order chi connectivity index (χ0) is 16.4. The van der Waals surface area contributed by atoms with E-state index in [1.165, 1.54) is 19.3 Å². The van der Waals surface area contributed by atoms with Crippen molar-refractivity contribution in [3.05, 3.63) is 36.9 Å². The fraction of sp³-hybridized carbons (Fsp3) is 0.412. The van der Waals surface area contributed by atoms with E-state index in [1.807, 2.05) is 18.2 Å². The van der Waals surface area contributed by atoms with Crippen LogP contribution >= 0.6 is 0 Å². The van der Waals surface area contributed by atoms with Gasteiger partial charge in [0.1, 0.15) is 18.2 Å². The first kappa shape index (κ1) is 15.0. The molecule has 7 nitrogen and oxygen atoms in total. The van der Waals surface area contributed by atoms with Crippen LogP contribution in [0.2, 0.25) is 0 Å². The van der Waals surface area contributed by atoms with Gasteiger partial charge >= 0.3 is 0 Å². The van der Waals surface area contributed by atoms with E-state index in [9.17, 15) is 0 Å². The fourth-order valence-corrected chi connectivity index (χ4v) is 3.37. The van der Waals surface area contributed by atoms with Crippen molar-refractivity contribution >= 4 is 11.8 Å². The number of aliphatic imine (C=N–C) groups is 1. The van der Waals surface area contributed by atoms with E-state index in [2.05, 4.69) is 30.2 Å². The molecule has 3 atom stereocenters. The maximum atomic E-state index is 6.07. The van der Waals surface area contributed by atoms with E-state index < -0.39 is 0 Å². The average Bonchev–Trinajstić information content (AvgIpc) is 3.25. The number of hydrogen-bond acceptors (Lipinski definition) is 6. The van der Waals surface area contributed by atoms with Gasteiger partial charge in [-0.25, -0.2) is 15.0 Å². The Morgan fingerprint density at radius 2 is 2.17 bits per heavy atom. The van der Waals surface area contributed by atoms with Crippen molar-refractivity contribution in [1.82, 2.24) is 19.9 Å². The van der Waals surface area contributed by atoms with Gasteiger partial charge < -0.3 is 4.74 Å². The number of amidine groups is 1. The summed E-state index contributed by atoms with van der Waals surface area (Å²) in [6.07, 6.45) is 6.45. The van der Waals surface area contributed by atoms with Gasteiger partial charge in [0, 0.05) is 50.1 Å². The van der Waals surface area contributed by atoms with Crippen molar-refractivity contribution in [3.63, 3.8) is 0 Å². The molecule has 0 saturated carbocycles. The highest BCUT2D eigenvalue weighted by Gasteiger charge is 2.39. The summed E-state index contributed by atoms with van der Waals surface area (Å²) in [4.78, 5) is 19.3. The zero-order valence-corrected chi connectivity index (χ0v) is 13.6. The quantitative estimate of drug-likeness (QED) is 0.683. The molecule has 0 radical (unpaired) electrons. The van der Waals surface area contributed by atoms with Crippen molar-refractivity contribution < 1.29 is 4.74 Å². The van der Waals surface area contributed by atoms with Crippen LogP contribution in [0.1, 0.15) is 6.42 Å². The topological polar surface area (TPSA) is 75.5 Å². The van der Waals surface area contributed by atoms with Crippen LogP contribution in [0.4, 0.5) is 5.82 Å². The molecule has 0 aromatic carbocycles. The molecule has 2 aliphatic heterocycles. The van der Waals surface area contributed by atoms with Crippen LogP contribution in [0.25, 0.3) is 11.3 Å². The Hall–Kier alpha value is -2.54. The predicted molar refractivity (Wildman–Crippen MR) is 91.7 cm³/mol. The molecule has 2 saturated heterocycles. The van der Waals surface area contributed by atoms with Crippen LogP contribution in [0.3, 0.4) is 0 Å². The molecule has 1 N–H and O–H groups in total. The van der Waals surface area contributed by atoms with Crippen LogP contribution in [-0.4, -0.2) is 58.7 Å². The highest BCUT2D eigenvalue weighted by molar-refractivity contribution is 5.88. The Morgan fingerprint density at radius 3 is 2.88 bits per heavy atom. The molecule has 0 aliphatic carbocycles. The van der Waals surface area contributed by atoms with Crippen molar-refractivity contribution in [3.8, 4) is 11.3 Å². The van der Waals surface area contributed by atoms with Crippen molar-refractivity contribution in [1.29, 1.82) is 0 Å². The molecule has 2 fully saturated rings. The molecule has 7 heteroatoms. The molecule has 2 aliphatic rings. The molecule has 124 valence electrons. The summed E-state index contributed by atoms with van der Waals surface area (Å²) in [6, 6.07) is 6.23. The Kier molecular flexibility index (Phi) is 4.08. The number of rotatable bonds is 3. The van der Waals surface area contributed by atoms with Crippen molar-refractivity contribution in [2.24, 2.45) is 10.9 Å². The molecule has 0 spiro atoms. The lowest BCUT2D eigenvalue weighted by Gasteiger charge is -2.24. The Labute approximate surface area is 140 Å². The highest BCUT2D eigenvalue weighted by Crippen LogP contribution is 2.30. The summed E-state index contributed by atoms with van der Waals surface area (Å²) < 4.78 is 6.07. The highest BCUT2D eigenvalue weighted by atomic mass is 16.5. The standard InChI is InChI=1S/C17H20N6O/c1-18-17(24-15-10-23-7-4-13(15)9-23)22-16-8-14(20-11-21-16)12-2-5-19-6-3-12/h2-3,5-6,8,11,13,15H,4,7,9-10H2,1H3,(H,18,20,21,22)/t13-,15+/m1/s1. The van der Waals surface area contributed by atoms with Gasteiger partial charge in [0.05, 0.1) is 5.69 Å². The van der Waals surface area contributed by atoms with Gasteiger partial charge in [0.2, 0.25) is 0 Å². The maximum absolute atomic E-state index is 6.07. The molecule has 2 aromatic heterocycles. The van der Waals surface area contributed by atoms with E-state index >= 15 is 0 Å². The average molecular weight is 324 g/mol. The lowest BCUT2D eigenvalue weighted by Crippen LogP contribution is -2.34. The number of aromatic nitrogens is 3. The van der Waals surface area contributed by atoms with Crippen LogP contribution in [0, 0.1) is 5.92 Å². The second-order valence-corrected chi connectivity index (χ2v) is 6.14. The van der Waals surface area contributed by atoms with Gasteiger partial charge in [-0.1, -0.05) is 0 Å². The normalized spacial score (nSPS) is 25.7. The van der Waals surface area contributed by atoms with E-state index in [0.717, 1.165) is 24.3 Å².